The van der Waals surface area contributed by atoms with Gasteiger partial charge < -0.3 is 4.74 Å². The Balaban J connectivity index is 2.47. The van der Waals surface area contributed by atoms with Gasteiger partial charge in [0.1, 0.15) is 18.2 Å². The maximum absolute atomic E-state index is 12.8. The van der Waals surface area contributed by atoms with Gasteiger partial charge in [-0.15, -0.1) is 0 Å². The molecule has 2 rings (SSSR count). The summed E-state index contributed by atoms with van der Waals surface area (Å²) in [6, 6.07) is 11.5. The van der Waals surface area contributed by atoms with Crippen LogP contribution in [-0.2, 0) is 11.7 Å². The Morgan fingerprint density at radius 1 is 1.12 bits per heavy atom. The van der Waals surface area contributed by atoms with Crippen LogP contribution in [-0.4, -0.2) is 7.11 Å². The van der Waals surface area contributed by atoms with E-state index in [-0.39, 0.29) is 12.4 Å². The molecule has 0 aliphatic heterocycles. The van der Waals surface area contributed by atoms with Crippen molar-refractivity contribution < 1.29 is 14.2 Å². The monoisotopic (exact) mass is 231 g/mol. The molecule has 0 amide bonds. The number of hydrogen-bond donors (Lipinski definition) is 0. The summed E-state index contributed by atoms with van der Waals surface area (Å²) in [5.74, 6) is 0.355. The molecule has 2 aromatic carbocycles. The summed E-state index contributed by atoms with van der Waals surface area (Å²) >= 11 is 0. The number of rotatable bonds is 3. The molecular formula is C14H12FO2. The summed E-state index contributed by atoms with van der Waals surface area (Å²) in [5, 5.41) is 10.8. The van der Waals surface area contributed by atoms with Gasteiger partial charge in [0.2, 0.25) is 0 Å². The second-order valence-electron chi connectivity index (χ2n) is 3.69. The zero-order valence-corrected chi connectivity index (χ0v) is 9.44. The SMILES string of the molecule is COc1cc(C[O])ccc1-c1ccc(F)cc1. The molecule has 0 saturated heterocycles. The Morgan fingerprint density at radius 3 is 2.41 bits per heavy atom. The van der Waals surface area contributed by atoms with Gasteiger partial charge in [-0.1, -0.05) is 24.3 Å². The molecule has 0 fully saturated rings. The molecule has 87 valence electrons. The third kappa shape index (κ3) is 2.45. The predicted octanol–water partition coefficient (Wildman–Crippen LogP) is 3.43. The largest absolute Gasteiger partial charge is 0.496 e. The molecule has 0 saturated carbocycles. The minimum absolute atomic E-state index is 0.274. The summed E-state index contributed by atoms with van der Waals surface area (Å²) in [5.41, 5.74) is 2.39. The van der Waals surface area contributed by atoms with Crippen molar-refractivity contribution in [2.24, 2.45) is 0 Å². The molecule has 17 heavy (non-hydrogen) atoms. The second-order valence-corrected chi connectivity index (χ2v) is 3.69. The normalized spacial score (nSPS) is 10.3. The van der Waals surface area contributed by atoms with E-state index < -0.39 is 0 Å². The predicted molar refractivity (Wildman–Crippen MR) is 62.8 cm³/mol. The van der Waals surface area contributed by atoms with Gasteiger partial charge in [0.25, 0.3) is 0 Å². The molecule has 2 nitrogen and oxygen atoms in total. The molecule has 0 unspecified atom stereocenters. The molecule has 0 aliphatic carbocycles. The van der Waals surface area contributed by atoms with Crippen molar-refractivity contribution in [3.8, 4) is 16.9 Å². The van der Waals surface area contributed by atoms with Crippen LogP contribution in [0, 0.1) is 5.82 Å². The topological polar surface area (TPSA) is 29.1 Å². The Kier molecular flexibility index (Phi) is 3.40. The number of methoxy groups -OCH3 is 1. The van der Waals surface area contributed by atoms with E-state index in [0.717, 1.165) is 11.1 Å². The fourth-order valence-electron chi connectivity index (χ4n) is 1.69. The molecule has 0 aromatic heterocycles. The first-order valence-corrected chi connectivity index (χ1v) is 5.25. The molecule has 0 heterocycles. The summed E-state index contributed by atoms with van der Waals surface area (Å²) in [6.45, 7) is -0.278. The minimum Gasteiger partial charge on any atom is -0.496 e. The maximum atomic E-state index is 12.8. The van der Waals surface area contributed by atoms with Gasteiger partial charge in [-0.3, -0.25) is 0 Å². The van der Waals surface area contributed by atoms with Gasteiger partial charge in [0.15, 0.2) is 0 Å². The van der Waals surface area contributed by atoms with E-state index in [1.165, 1.54) is 12.1 Å². The van der Waals surface area contributed by atoms with Crippen molar-refractivity contribution in [1.82, 2.24) is 0 Å². The van der Waals surface area contributed by atoms with Crippen molar-refractivity contribution in [3.63, 3.8) is 0 Å². The first-order chi connectivity index (χ1) is 8.24. The van der Waals surface area contributed by atoms with Gasteiger partial charge in [0.05, 0.1) is 7.11 Å². The number of benzene rings is 2. The molecule has 1 radical (unpaired) electrons. The van der Waals surface area contributed by atoms with Crippen molar-refractivity contribution in [3.05, 3.63) is 53.8 Å². The van der Waals surface area contributed by atoms with E-state index in [1.54, 1.807) is 31.4 Å². The Bertz CT molecular complexity index is 506. The number of hydrogen-bond acceptors (Lipinski definition) is 1. The average Bonchev–Trinajstić information content (AvgIpc) is 2.39. The molecule has 0 N–H and O–H groups in total. The third-order valence-electron chi connectivity index (χ3n) is 2.59. The molecular weight excluding hydrogens is 219 g/mol. The van der Waals surface area contributed by atoms with Crippen LogP contribution in [0.5, 0.6) is 5.75 Å². The average molecular weight is 231 g/mol. The zero-order valence-electron chi connectivity index (χ0n) is 9.44. The molecule has 2 aromatic rings. The van der Waals surface area contributed by atoms with Crippen LogP contribution in [0.2, 0.25) is 0 Å². The van der Waals surface area contributed by atoms with E-state index in [9.17, 15) is 9.50 Å². The summed E-state index contributed by atoms with van der Waals surface area (Å²) in [7, 11) is 1.55. The molecule has 0 aliphatic rings. The summed E-state index contributed by atoms with van der Waals surface area (Å²) < 4.78 is 18.1. The highest BCUT2D eigenvalue weighted by Gasteiger charge is 2.07. The lowest BCUT2D eigenvalue weighted by Crippen LogP contribution is -1.91. The number of ether oxygens (including phenoxy) is 1. The van der Waals surface area contributed by atoms with Crippen molar-refractivity contribution in [1.29, 1.82) is 0 Å². The van der Waals surface area contributed by atoms with Crippen molar-refractivity contribution in [2.45, 2.75) is 6.61 Å². The van der Waals surface area contributed by atoms with Gasteiger partial charge in [-0.2, -0.15) is 0 Å². The van der Waals surface area contributed by atoms with Crippen LogP contribution in [0.25, 0.3) is 11.1 Å². The van der Waals surface area contributed by atoms with E-state index in [2.05, 4.69) is 0 Å². The molecule has 3 heteroatoms. The fourth-order valence-corrected chi connectivity index (χ4v) is 1.69. The molecule has 0 atom stereocenters. The molecule has 0 bridgehead atoms. The summed E-state index contributed by atoms with van der Waals surface area (Å²) in [4.78, 5) is 0. The van der Waals surface area contributed by atoms with Crippen LogP contribution >= 0.6 is 0 Å². The Labute approximate surface area is 99.3 Å². The van der Waals surface area contributed by atoms with E-state index >= 15 is 0 Å². The zero-order chi connectivity index (χ0) is 12.3. The van der Waals surface area contributed by atoms with Crippen LogP contribution < -0.4 is 4.74 Å². The van der Waals surface area contributed by atoms with E-state index in [1.807, 2.05) is 6.07 Å². The van der Waals surface area contributed by atoms with Gasteiger partial charge >= 0.3 is 0 Å². The fraction of sp³-hybridized carbons (Fsp3) is 0.143. The Hall–Kier alpha value is -1.87. The van der Waals surface area contributed by atoms with Crippen LogP contribution in [0.1, 0.15) is 5.56 Å². The first kappa shape index (κ1) is 11.6. The second kappa shape index (κ2) is 4.97. The highest BCUT2D eigenvalue weighted by molar-refractivity contribution is 5.70. The lowest BCUT2D eigenvalue weighted by Gasteiger charge is -2.09. The third-order valence-corrected chi connectivity index (χ3v) is 2.59. The lowest BCUT2D eigenvalue weighted by atomic mass is 10.0. The standard InChI is InChI=1S/C14H12FO2/c1-17-14-8-10(9-16)2-7-13(14)11-3-5-12(15)6-4-11/h2-8H,9H2,1H3. The van der Waals surface area contributed by atoms with Gasteiger partial charge in [0, 0.05) is 5.56 Å². The van der Waals surface area contributed by atoms with E-state index in [4.69, 9.17) is 4.74 Å². The first-order valence-electron chi connectivity index (χ1n) is 5.25. The van der Waals surface area contributed by atoms with Gasteiger partial charge in [-0.05, 0) is 29.3 Å². The lowest BCUT2D eigenvalue weighted by molar-refractivity contribution is 0.177. The van der Waals surface area contributed by atoms with Crippen LogP contribution in [0.4, 0.5) is 4.39 Å². The van der Waals surface area contributed by atoms with Crippen molar-refractivity contribution >= 4 is 0 Å². The van der Waals surface area contributed by atoms with Crippen LogP contribution in [0.3, 0.4) is 0 Å². The minimum atomic E-state index is -0.278. The Morgan fingerprint density at radius 2 is 1.82 bits per heavy atom. The quantitative estimate of drug-likeness (QED) is 0.795. The smallest absolute Gasteiger partial charge is 0.127 e. The summed E-state index contributed by atoms with van der Waals surface area (Å²) in [6.07, 6.45) is 0. The highest BCUT2D eigenvalue weighted by Crippen LogP contribution is 2.30. The van der Waals surface area contributed by atoms with E-state index in [0.29, 0.717) is 11.3 Å². The van der Waals surface area contributed by atoms with Gasteiger partial charge in [-0.25, -0.2) is 9.50 Å². The maximum Gasteiger partial charge on any atom is 0.127 e. The highest BCUT2D eigenvalue weighted by atomic mass is 19.1. The number of halogens is 1. The van der Waals surface area contributed by atoms with Crippen LogP contribution in [0.15, 0.2) is 42.5 Å². The van der Waals surface area contributed by atoms with Crippen molar-refractivity contribution in [2.75, 3.05) is 7.11 Å². The molecule has 0 spiro atoms.